The molecule has 1 saturated carbocycles. The van der Waals surface area contributed by atoms with E-state index in [0.717, 1.165) is 5.92 Å². The van der Waals surface area contributed by atoms with E-state index in [2.05, 4.69) is 50.5 Å². The number of hydrogen-bond donors (Lipinski definition) is 1. The Morgan fingerprint density at radius 2 is 1.70 bits per heavy atom. The van der Waals surface area contributed by atoms with E-state index < -0.39 is 0 Å². The fourth-order valence-corrected chi connectivity index (χ4v) is 3.47. The van der Waals surface area contributed by atoms with Crippen LogP contribution in [0.2, 0.25) is 0 Å². The lowest BCUT2D eigenvalue weighted by molar-refractivity contribution is 0.427. The normalized spacial score (nSPS) is 19.1. The molecule has 0 aromatic heterocycles. The van der Waals surface area contributed by atoms with Crippen molar-refractivity contribution in [1.82, 2.24) is 5.32 Å². The summed E-state index contributed by atoms with van der Waals surface area (Å²) in [4.78, 5) is 0. The molecule has 112 valence electrons. The van der Waals surface area contributed by atoms with E-state index in [0.29, 0.717) is 12.0 Å². The average molecular weight is 273 g/mol. The van der Waals surface area contributed by atoms with Crippen molar-refractivity contribution in [3.63, 3.8) is 0 Å². The maximum absolute atomic E-state index is 3.50. The first-order valence-corrected chi connectivity index (χ1v) is 8.51. The summed E-state index contributed by atoms with van der Waals surface area (Å²) in [5.74, 6) is 1.67. The van der Waals surface area contributed by atoms with Gasteiger partial charge in [-0.25, -0.2) is 0 Å². The number of hydrogen-bond acceptors (Lipinski definition) is 1. The summed E-state index contributed by atoms with van der Waals surface area (Å²) in [7, 11) is 2.10. The monoisotopic (exact) mass is 273 g/mol. The predicted octanol–water partition coefficient (Wildman–Crippen LogP) is 5.43. The maximum atomic E-state index is 3.50. The molecule has 0 aliphatic heterocycles. The van der Waals surface area contributed by atoms with E-state index in [4.69, 9.17) is 0 Å². The summed E-state index contributed by atoms with van der Waals surface area (Å²) in [6.45, 7) is 4.57. The van der Waals surface area contributed by atoms with Crippen LogP contribution in [0.15, 0.2) is 24.3 Å². The Kier molecular flexibility index (Phi) is 6.09. The molecule has 0 spiro atoms. The predicted molar refractivity (Wildman–Crippen MR) is 88.1 cm³/mol. The Morgan fingerprint density at radius 1 is 1.10 bits per heavy atom. The van der Waals surface area contributed by atoms with E-state index in [-0.39, 0.29) is 0 Å². The highest BCUT2D eigenvalue weighted by Crippen LogP contribution is 2.31. The topological polar surface area (TPSA) is 12.0 Å². The number of benzene rings is 1. The molecule has 2 atom stereocenters. The van der Waals surface area contributed by atoms with E-state index in [1.165, 1.54) is 56.1 Å². The highest BCUT2D eigenvalue weighted by molar-refractivity contribution is 5.27. The van der Waals surface area contributed by atoms with E-state index in [1.807, 2.05) is 0 Å². The van der Waals surface area contributed by atoms with Gasteiger partial charge in [0.1, 0.15) is 0 Å². The van der Waals surface area contributed by atoms with Crippen LogP contribution in [0.25, 0.3) is 0 Å². The zero-order chi connectivity index (χ0) is 14.4. The molecule has 1 heteroatoms. The fourth-order valence-electron chi connectivity index (χ4n) is 3.47. The second-order valence-corrected chi connectivity index (χ2v) is 6.55. The Bertz CT molecular complexity index is 375. The summed E-state index contributed by atoms with van der Waals surface area (Å²) < 4.78 is 0. The van der Waals surface area contributed by atoms with Gasteiger partial charge in [-0.3, -0.25) is 0 Å². The van der Waals surface area contributed by atoms with Gasteiger partial charge >= 0.3 is 0 Å². The van der Waals surface area contributed by atoms with Crippen LogP contribution in [-0.4, -0.2) is 7.05 Å². The first-order valence-electron chi connectivity index (χ1n) is 8.51. The molecular formula is C19H31N. The summed E-state index contributed by atoms with van der Waals surface area (Å²) in [5, 5.41) is 3.50. The molecular weight excluding hydrogens is 242 g/mol. The fraction of sp³-hybridized carbons (Fsp3) is 0.684. The van der Waals surface area contributed by atoms with Crippen molar-refractivity contribution in [2.75, 3.05) is 7.05 Å². The summed E-state index contributed by atoms with van der Waals surface area (Å²) in [5.41, 5.74) is 2.93. The van der Waals surface area contributed by atoms with E-state index in [9.17, 15) is 0 Å². The van der Waals surface area contributed by atoms with Gasteiger partial charge in [0.25, 0.3) is 0 Å². The van der Waals surface area contributed by atoms with Crippen molar-refractivity contribution in [3.05, 3.63) is 35.4 Å². The highest BCUT2D eigenvalue weighted by atomic mass is 14.9. The molecule has 0 heterocycles. The molecule has 0 saturated heterocycles. The average Bonchev–Trinajstić information content (AvgIpc) is 3.01. The van der Waals surface area contributed by atoms with Crippen LogP contribution < -0.4 is 5.32 Å². The summed E-state index contributed by atoms with van der Waals surface area (Å²) >= 11 is 0. The van der Waals surface area contributed by atoms with Crippen LogP contribution >= 0.6 is 0 Å². The molecule has 20 heavy (non-hydrogen) atoms. The molecule has 2 unspecified atom stereocenters. The number of rotatable bonds is 7. The van der Waals surface area contributed by atoms with Gasteiger partial charge in [0.05, 0.1) is 0 Å². The van der Waals surface area contributed by atoms with Gasteiger partial charge in [0, 0.05) is 6.04 Å². The lowest BCUT2D eigenvalue weighted by Gasteiger charge is -2.20. The Hall–Kier alpha value is -0.820. The Balaban J connectivity index is 1.92. The third-order valence-electron chi connectivity index (χ3n) is 5.21. The van der Waals surface area contributed by atoms with E-state index >= 15 is 0 Å². The van der Waals surface area contributed by atoms with Crippen LogP contribution in [0.4, 0.5) is 0 Å². The molecule has 1 fully saturated rings. The maximum Gasteiger partial charge on any atom is 0.0317 e. The van der Waals surface area contributed by atoms with Gasteiger partial charge < -0.3 is 5.32 Å². The molecule has 1 aromatic carbocycles. The molecule has 2 rings (SSSR count). The van der Waals surface area contributed by atoms with Crippen molar-refractivity contribution in [2.45, 2.75) is 70.8 Å². The quantitative estimate of drug-likeness (QED) is 0.698. The minimum Gasteiger partial charge on any atom is -0.313 e. The lowest BCUT2D eigenvalue weighted by atomic mass is 9.92. The zero-order valence-corrected chi connectivity index (χ0v) is 13.5. The van der Waals surface area contributed by atoms with Gasteiger partial charge in [-0.1, -0.05) is 63.8 Å². The van der Waals surface area contributed by atoms with Crippen LogP contribution in [-0.2, 0) is 0 Å². The van der Waals surface area contributed by atoms with E-state index in [1.54, 1.807) is 0 Å². The van der Waals surface area contributed by atoms with Crippen molar-refractivity contribution in [3.8, 4) is 0 Å². The molecule has 1 aliphatic rings. The first kappa shape index (κ1) is 15.6. The van der Waals surface area contributed by atoms with Crippen LogP contribution in [0.1, 0.15) is 81.9 Å². The second-order valence-electron chi connectivity index (χ2n) is 6.55. The minimum absolute atomic E-state index is 0.529. The molecule has 1 aliphatic carbocycles. The van der Waals surface area contributed by atoms with Gasteiger partial charge in [0.15, 0.2) is 0 Å². The Morgan fingerprint density at radius 3 is 2.25 bits per heavy atom. The van der Waals surface area contributed by atoms with Gasteiger partial charge in [-0.05, 0) is 49.3 Å². The standard InChI is InChI=1S/C19H31N/c1-4-15(2)17-10-12-18(13-11-17)19(20-3)14-9-16-7-5-6-8-16/h10-13,15-16,19-20H,4-9,14H2,1-3H3. The highest BCUT2D eigenvalue weighted by Gasteiger charge is 2.17. The van der Waals surface area contributed by atoms with Crippen molar-refractivity contribution in [1.29, 1.82) is 0 Å². The molecule has 0 bridgehead atoms. The van der Waals surface area contributed by atoms with Crippen molar-refractivity contribution >= 4 is 0 Å². The molecule has 1 N–H and O–H groups in total. The largest absolute Gasteiger partial charge is 0.313 e. The zero-order valence-electron chi connectivity index (χ0n) is 13.5. The van der Waals surface area contributed by atoms with Crippen LogP contribution in [0, 0.1) is 5.92 Å². The summed E-state index contributed by atoms with van der Waals surface area (Å²) in [6, 6.07) is 9.84. The molecule has 0 amide bonds. The first-order chi connectivity index (χ1) is 9.74. The second kappa shape index (κ2) is 7.83. The van der Waals surface area contributed by atoms with Gasteiger partial charge in [-0.2, -0.15) is 0 Å². The van der Waals surface area contributed by atoms with Crippen molar-refractivity contribution in [2.24, 2.45) is 5.92 Å². The van der Waals surface area contributed by atoms with Gasteiger partial charge in [-0.15, -0.1) is 0 Å². The Labute approximate surface area is 125 Å². The summed E-state index contributed by atoms with van der Waals surface area (Å²) in [6.07, 6.45) is 9.72. The third-order valence-corrected chi connectivity index (χ3v) is 5.21. The molecule has 1 nitrogen and oxygen atoms in total. The molecule has 0 radical (unpaired) electrons. The van der Waals surface area contributed by atoms with Gasteiger partial charge in [0.2, 0.25) is 0 Å². The van der Waals surface area contributed by atoms with Crippen LogP contribution in [0.5, 0.6) is 0 Å². The van der Waals surface area contributed by atoms with Crippen molar-refractivity contribution < 1.29 is 0 Å². The minimum atomic E-state index is 0.529. The smallest absolute Gasteiger partial charge is 0.0317 e. The lowest BCUT2D eigenvalue weighted by Crippen LogP contribution is -2.17. The number of nitrogens with one attached hydrogen (secondary N) is 1. The van der Waals surface area contributed by atoms with Crippen LogP contribution in [0.3, 0.4) is 0 Å². The third kappa shape index (κ3) is 4.09. The SMILES string of the molecule is CCC(C)c1ccc(C(CCC2CCCC2)NC)cc1. The molecule has 1 aromatic rings.